The van der Waals surface area contributed by atoms with Crippen molar-refractivity contribution in [3.05, 3.63) is 65.7 Å². The number of carbonyl (C=O) groups is 1. The molecule has 2 aromatic carbocycles. The molecule has 6 heteroatoms. The van der Waals surface area contributed by atoms with Crippen molar-refractivity contribution in [2.75, 3.05) is 5.32 Å². The fourth-order valence-electron chi connectivity index (χ4n) is 2.40. The Kier molecular flexibility index (Phi) is 5.52. The molecular weight excluding hydrogens is 312 g/mol. The molecule has 0 radical (unpaired) electrons. The molecule has 0 saturated carbocycles. The van der Waals surface area contributed by atoms with E-state index in [1.54, 1.807) is 24.3 Å². The van der Waals surface area contributed by atoms with Crippen LogP contribution >= 0.6 is 0 Å². The second kappa shape index (κ2) is 7.39. The lowest BCUT2D eigenvalue weighted by molar-refractivity contribution is -0.117. The Hall–Kier alpha value is -2.18. The molecule has 2 rings (SSSR count). The zero-order valence-electron chi connectivity index (χ0n) is 12.9. The van der Waals surface area contributed by atoms with Gasteiger partial charge in [-0.1, -0.05) is 49.4 Å². The number of hydrogen-bond acceptors (Lipinski definition) is 3. The first-order valence-corrected chi connectivity index (χ1v) is 9.06. The first kappa shape index (κ1) is 17.2. The van der Waals surface area contributed by atoms with Crippen molar-refractivity contribution in [2.24, 2.45) is 5.14 Å². The molecule has 0 saturated heterocycles. The lowest BCUT2D eigenvalue weighted by atomic mass is 9.95. The van der Waals surface area contributed by atoms with Gasteiger partial charge in [0.15, 0.2) is 0 Å². The molecule has 1 amide bonds. The Morgan fingerprint density at radius 2 is 1.70 bits per heavy atom. The van der Waals surface area contributed by atoms with E-state index in [2.05, 4.69) is 5.32 Å². The summed E-state index contributed by atoms with van der Waals surface area (Å²) >= 11 is 0. The monoisotopic (exact) mass is 332 g/mol. The van der Waals surface area contributed by atoms with Gasteiger partial charge in [-0.25, -0.2) is 13.6 Å². The van der Waals surface area contributed by atoms with Gasteiger partial charge < -0.3 is 5.32 Å². The van der Waals surface area contributed by atoms with Crippen molar-refractivity contribution >= 4 is 21.6 Å². The molecule has 0 fully saturated rings. The summed E-state index contributed by atoms with van der Waals surface area (Å²) in [6.45, 7) is 1.96. The van der Waals surface area contributed by atoms with Gasteiger partial charge in [-0.05, 0) is 29.7 Å². The average Bonchev–Trinajstić information content (AvgIpc) is 2.50. The molecule has 0 heterocycles. The first-order valence-electron chi connectivity index (χ1n) is 7.34. The Bertz CT molecular complexity index is 756. The summed E-state index contributed by atoms with van der Waals surface area (Å²) in [5, 5.41) is 7.87. The van der Waals surface area contributed by atoms with Gasteiger partial charge in [0.1, 0.15) is 0 Å². The summed E-state index contributed by atoms with van der Waals surface area (Å²) in [5.41, 5.74) is 2.18. The van der Waals surface area contributed by atoms with Crippen molar-refractivity contribution in [3.63, 3.8) is 0 Å². The minimum atomic E-state index is -3.55. The summed E-state index contributed by atoms with van der Waals surface area (Å²) in [4.78, 5) is 12.4. The molecule has 1 unspecified atom stereocenters. The second-order valence-corrected chi connectivity index (χ2v) is 6.98. The Morgan fingerprint density at radius 3 is 2.22 bits per heavy atom. The van der Waals surface area contributed by atoms with Gasteiger partial charge in [0.25, 0.3) is 0 Å². The molecule has 1 atom stereocenters. The third-order valence-electron chi connectivity index (χ3n) is 3.52. The Morgan fingerprint density at radius 1 is 1.09 bits per heavy atom. The number of benzene rings is 2. The van der Waals surface area contributed by atoms with Crippen LogP contribution in [0.1, 0.15) is 30.4 Å². The molecule has 2 aromatic rings. The number of amides is 1. The summed E-state index contributed by atoms with van der Waals surface area (Å²) in [6.07, 6.45) is 0.694. The van der Waals surface area contributed by atoms with Gasteiger partial charge in [-0.15, -0.1) is 0 Å². The van der Waals surface area contributed by atoms with Gasteiger partial charge in [0.05, 0.1) is 11.7 Å². The maximum Gasteiger partial charge on any atom is 0.231 e. The average molecular weight is 332 g/mol. The molecule has 122 valence electrons. The molecule has 0 aliphatic carbocycles. The van der Waals surface area contributed by atoms with Crippen LogP contribution in [0, 0.1) is 0 Å². The van der Waals surface area contributed by atoms with E-state index in [1.165, 1.54) is 0 Å². The highest BCUT2D eigenvalue weighted by atomic mass is 32.2. The van der Waals surface area contributed by atoms with Gasteiger partial charge in [-0.3, -0.25) is 4.79 Å². The van der Waals surface area contributed by atoms with E-state index in [1.807, 2.05) is 37.3 Å². The zero-order valence-corrected chi connectivity index (χ0v) is 13.7. The fourth-order valence-corrected chi connectivity index (χ4v) is 3.06. The third kappa shape index (κ3) is 5.19. The smallest absolute Gasteiger partial charge is 0.231 e. The van der Waals surface area contributed by atoms with Crippen LogP contribution in [0.2, 0.25) is 0 Å². The van der Waals surface area contributed by atoms with Crippen molar-refractivity contribution in [1.29, 1.82) is 0 Å². The molecule has 0 bridgehead atoms. The first-order chi connectivity index (χ1) is 10.9. The van der Waals surface area contributed by atoms with Gasteiger partial charge >= 0.3 is 0 Å². The largest absolute Gasteiger partial charge is 0.326 e. The van der Waals surface area contributed by atoms with Gasteiger partial charge in [0, 0.05) is 5.69 Å². The summed E-state index contributed by atoms with van der Waals surface area (Å²) in [7, 11) is -3.55. The number of primary sulfonamides is 1. The lowest BCUT2D eigenvalue weighted by Gasteiger charge is -2.15. The van der Waals surface area contributed by atoms with E-state index in [9.17, 15) is 13.2 Å². The van der Waals surface area contributed by atoms with Crippen molar-refractivity contribution in [1.82, 2.24) is 0 Å². The van der Waals surface area contributed by atoms with Crippen molar-refractivity contribution < 1.29 is 13.2 Å². The highest BCUT2D eigenvalue weighted by molar-refractivity contribution is 7.88. The molecule has 5 nitrogen and oxygen atoms in total. The number of sulfonamides is 1. The molecular formula is C17H20N2O3S. The maximum absolute atomic E-state index is 12.4. The zero-order chi connectivity index (χ0) is 16.9. The predicted octanol–water partition coefficient (Wildman–Crippen LogP) is 2.61. The van der Waals surface area contributed by atoms with Crippen LogP contribution in [0.4, 0.5) is 5.69 Å². The van der Waals surface area contributed by atoms with E-state index in [4.69, 9.17) is 5.14 Å². The van der Waals surface area contributed by atoms with E-state index in [0.717, 1.165) is 5.56 Å². The molecule has 23 heavy (non-hydrogen) atoms. The summed E-state index contributed by atoms with van der Waals surface area (Å²) in [6, 6.07) is 16.2. The van der Waals surface area contributed by atoms with E-state index in [-0.39, 0.29) is 17.6 Å². The highest BCUT2D eigenvalue weighted by Gasteiger charge is 2.18. The van der Waals surface area contributed by atoms with Crippen LogP contribution in [-0.2, 0) is 20.6 Å². The molecule has 0 spiro atoms. The van der Waals surface area contributed by atoms with Crippen LogP contribution in [-0.4, -0.2) is 14.3 Å². The molecule has 0 aliphatic heterocycles. The molecule has 0 aliphatic rings. The summed E-state index contributed by atoms with van der Waals surface area (Å²) in [5.74, 6) is -0.527. The number of hydrogen-bond donors (Lipinski definition) is 2. The van der Waals surface area contributed by atoms with E-state index >= 15 is 0 Å². The van der Waals surface area contributed by atoms with E-state index in [0.29, 0.717) is 17.7 Å². The normalized spacial score (nSPS) is 12.6. The van der Waals surface area contributed by atoms with Gasteiger partial charge in [-0.2, -0.15) is 0 Å². The number of anilines is 1. The molecule has 3 N–H and O–H groups in total. The van der Waals surface area contributed by atoms with Crippen molar-refractivity contribution in [2.45, 2.75) is 25.0 Å². The summed E-state index contributed by atoms with van der Waals surface area (Å²) < 4.78 is 22.1. The lowest BCUT2D eigenvalue weighted by Crippen LogP contribution is -2.20. The van der Waals surface area contributed by atoms with Gasteiger partial charge in [0.2, 0.25) is 15.9 Å². The van der Waals surface area contributed by atoms with Crippen LogP contribution in [0.25, 0.3) is 0 Å². The SMILES string of the molecule is CCC(C(=O)Nc1ccc(CS(N)(=O)=O)cc1)c1ccccc1. The molecule has 0 aromatic heterocycles. The minimum Gasteiger partial charge on any atom is -0.326 e. The van der Waals surface area contributed by atoms with Crippen LogP contribution in [0.15, 0.2) is 54.6 Å². The predicted molar refractivity (Wildman–Crippen MR) is 91.4 cm³/mol. The second-order valence-electron chi connectivity index (χ2n) is 5.36. The standard InChI is InChI=1S/C17H20N2O3S/c1-2-16(14-6-4-3-5-7-14)17(20)19-15-10-8-13(9-11-15)12-23(18,21)22/h3-11,16H,2,12H2,1H3,(H,19,20)(H2,18,21,22). The minimum absolute atomic E-state index is 0.0853. The quantitative estimate of drug-likeness (QED) is 0.852. The Labute approximate surface area is 136 Å². The van der Waals surface area contributed by atoms with Crippen LogP contribution in [0.5, 0.6) is 0 Å². The number of rotatable bonds is 6. The topological polar surface area (TPSA) is 89.3 Å². The number of nitrogens with one attached hydrogen (secondary N) is 1. The Balaban J connectivity index is 2.07. The highest BCUT2D eigenvalue weighted by Crippen LogP contribution is 2.21. The van der Waals surface area contributed by atoms with Crippen molar-refractivity contribution in [3.8, 4) is 0 Å². The van der Waals surface area contributed by atoms with E-state index < -0.39 is 10.0 Å². The number of nitrogens with two attached hydrogens (primary N) is 1. The number of carbonyl (C=O) groups excluding carboxylic acids is 1. The maximum atomic E-state index is 12.4. The fraction of sp³-hybridized carbons (Fsp3) is 0.235. The van der Waals surface area contributed by atoms with Crippen LogP contribution < -0.4 is 10.5 Å². The third-order valence-corrected chi connectivity index (χ3v) is 4.25. The van der Waals surface area contributed by atoms with Crippen LogP contribution in [0.3, 0.4) is 0 Å².